The Morgan fingerprint density at radius 3 is 2.44 bits per heavy atom. The maximum absolute atomic E-state index is 12.1. The van der Waals surface area contributed by atoms with Crippen molar-refractivity contribution in [1.29, 1.82) is 0 Å². The maximum atomic E-state index is 12.1. The minimum absolute atomic E-state index is 0.0251. The third-order valence-corrected chi connectivity index (χ3v) is 9.81. The minimum atomic E-state index is -0.672. The molecule has 4 heteroatoms. The molecule has 0 aliphatic heterocycles. The highest BCUT2D eigenvalue weighted by Gasteiger charge is 2.67. The van der Waals surface area contributed by atoms with Gasteiger partial charge in [-0.3, -0.25) is 0 Å². The van der Waals surface area contributed by atoms with Gasteiger partial charge in [0, 0.05) is 5.41 Å². The van der Waals surface area contributed by atoms with E-state index in [-0.39, 0.29) is 36.1 Å². The molecule has 0 aromatic carbocycles. The van der Waals surface area contributed by atoms with Crippen LogP contribution in [0, 0.1) is 34.5 Å². The van der Waals surface area contributed by atoms with Gasteiger partial charge >= 0.3 is 0 Å². The van der Waals surface area contributed by atoms with Crippen LogP contribution >= 0.6 is 0 Å². The molecule has 4 rings (SSSR count). The molecule has 8 atom stereocenters. The molecule has 4 aliphatic rings. The van der Waals surface area contributed by atoms with Crippen molar-refractivity contribution in [2.75, 3.05) is 13.2 Å². The molecule has 0 unspecified atom stereocenters. The van der Waals surface area contributed by atoms with Gasteiger partial charge in [-0.1, -0.05) is 19.9 Å². The molecule has 27 heavy (non-hydrogen) atoms. The van der Waals surface area contributed by atoms with Gasteiger partial charge in [0.15, 0.2) is 0 Å². The summed E-state index contributed by atoms with van der Waals surface area (Å²) in [7, 11) is 0. The van der Waals surface area contributed by atoms with Crippen molar-refractivity contribution < 1.29 is 20.4 Å². The van der Waals surface area contributed by atoms with Crippen LogP contribution in [0.4, 0.5) is 0 Å². The van der Waals surface area contributed by atoms with Crippen molar-refractivity contribution >= 4 is 0 Å². The molecule has 0 heterocycles. The summed E-state index contributed by atoms with van der Waals surface area (Å²) in [6.07, 6.45) is 10.6. The predicted octanol–water partition coefficient (Wildman–Crippen LogP) is 3.03. The van der Waals surface area contributed by atoms with Crippen LogP contribution < -0.4 is 0 Å². The van der Waals surface area contributed by atoms with Gasteiger partial charge in [-0.2, -0.15) is 0 Å². The fourth-order valence-electron chi connectivity index (χ4n) is 8.23. The van der Waals surface area contributed by atoms with Crippen LogP contribution in [0.2, 0.25) is 0 Å². The zero-order valence-corrected chi connectivity index (χ0v) is 17.0. The van der Waals surface area contributed by atoms with Gasteiger partial charge in [0.05, 0.1) is 24.9 Å². The Labute approximate surface area is 163 Å². The molecule has 0 amide bonds. The fraction of sp³-hybridized carbons (Fsp3) is 0.913. The van der Waals surface area contributed by atoms with Crippen LogP contribution in [-0.4, -0.2) is 45.3 Å². The molecule has 0 aromatic rings. The molecule has 0 aromatic heterocycles. The summed E-state index contributed by atoms with van der Waals surface area (Å²) in [6.45, 7) is 4.60. The first-order valence-corrected chi connectivity index (χ1v) is 11.1. The maximum Gasteiger partial charge on any atom is 0.0737 e. The first kappa shape index (κ1) is 19.9. The highest BCUT2D eigenvalue weighted by molar-refractivity contribution is 5.24. The van der Waals surface area contributed by atoms with Crippen molar-refractivity contribution in [3.8, 4) is 0 Å². The van der Waals surface area contributed by atoms with E-state index in [4.69, 9.17) is 0 Å². The molecule has 0 bridgehead atoms. The lowest BCUT2D eigenvalue weighted by Crippen LogP contribution is -2.62. The van der Waals surface area contributed by atoms with Crippen LogP contribution in [0.3, 0.4) is 0 Å². The summed E-state index contributed by atoms with van der Waals surface area (Å²) in [5, 5.41) is 41.5. The Hall–Kier alpha value is -0.420. The van der Waals surface area contributed by atoms with Crippen LogP contribution in [0.25, 0.3) is 0 Å². The van der Waals surface area contributed by atoms with Gasteiger partial charge in [-0.05, 0) is 92.4 Å². The summed E-state index contributed by atoms with van der Waals surface area (Å²) in [5.41, 5.74) is 0.275. The first-order chi connectivity index (χ1) is 12.8. The van der Waals surface area contributed by atoms with Crippen LogP contribution in [-0.2, 0) is 0 Å². The van der Waals surface area contributed by atoms with E-state index in [9.17, 15) is 20.4 Å². The summed E-state index contributed by atoms with van der Waals surface area (Å²) in [6, 6.07) is 0. The number of rotatable bonds is 3. The van der Waals surface area contributed by atoms with Crippen LogP contribution in [0.5, 0.6) is 0 Å². The Morgan fingerprint density at radius 2 is 1.74 bits per heavy atom. The lowest BCUT2D eigenvalue weighted by molar-refractivity contribution is -0.208. The summed E-state index contributed by atoms with van der Waals surface area (Å²) in [5.74, 6) is 1.63. The van der Waals surface area contributed by atoms with Gasteiger partial charge < -0.3 is 20.4 Å². The van der Waals surface area contributed by atoms with E-state index in [0.717, 1.165) is 63.4 Å². The van der Waals surface area contributed by atoms with Crippen molar-refractivity contribution in [2.24, 2.45) is 34.5 Å². The lowest BCUT2D eigenvalue weighted by Gasteiger charge is -2.63. The van der Waals surface area contributed by atoms with Crippen molar-refractivity contribution in [1.82, 2.24) is 0 Å². The summed E-state index contributed by atoms with van der Waals surface area (Å²) < 4.78 is 0. The zero-order valence-electron chi connectivity index (χ0n) is 17.0. The second kappa shape index (κ2) is 6.83. The molecule has 0 spiro atoms. The van der Waals surface area contributed by atoms with Crippen molar-refractivity contribution in [2.45, 2.75) is 83.3 Å². The molecule has 4 aliphatic carbocycles. The molecule has 4 saturated carbocycles. The average Bonchev–Trinajstić information content (AvgIpc) is 2.92. The fourth-order valence-corrected chi connectivity index (χ4v) is 8.23. The molecule has 4 N–H and O–H groups in total. The summed E-state index contributed by atoms with van der Waals surface area (Å²) >= 11 is 0. The number of fused-ring (bicyclic) bond motifs is 5. The Bertz CT molecular complexity index is 603. The van der Waals surface area contributed by atoms with E-state index < -0.39 is 5.60 Å². The van der Waals surface area contributed by atoms with Crippen molar-refractivity contribution in [3.05, 3.63) is 11.6 Å². The van der Waals surface area contributed by atoms with E-state index in [1.54, 1.807) is 6.08 Å². The third kappa shape index (κ3) is 2.70. The third-order valence-electron chi connectivity index (χ3n) is 9.81. The highest BCUT2D eigenvalue weighted by atomic mass is 16.3. The lowest BCUT2D eigenvalue weighted by atomic mass is 9.43. The largest absolute Gasteiger partial charge is 0.393 e. The number of hydrogen-bond acceptors (Lipinski definition) is 4. The molecule has 0 saturated heterocycles. The standard InChI is InChI=1S/C23H38O4/c1-21-9-5-17(26)13-16(21)3-4-20-19(21)6-10-22(2)18(7-11-23(20,22)27)15(14-25)8-12-24/h8,16-20,24-27H,3-7,9-14H2,1-2H3/b15-8+/t16-,17+,18-,19+,20-,21+,22-,23+/m1/s1. The number of aliphatic hydroxyl groups is 4. The van der Waals surface area contributed by atoms with Crippen LogP contribution in [0.1, 0.15) is 71.6 Å². The van der Waals surface area contributed by atoms with Crippen LogP contribution in [0.15, 0.2) is 11.6 Å². The molecular formula is C23H38O4. The number of hydrogen-bond donors (Lipinski definition) is 4. The first-order valence-electron chi connectivity index (χ1n) is 11.1. The molecule has 0 radical (unpaired) electrons. The molecule has 154 valence electrons. The van der Waals surface area contributed by atoms with Gasteiger partial charge in [0.2, 0.25) is 0 Å². The van der Waals surface area contributed by atoms with E-state index >= 15 is 0 Å². The monoisotopic (exact) mass is 378 g/mol. The Balaban J connectivity index is 1.65. The molecular weight excluding hydrogens is 340 g/mol. The normalized spacial score (nSPS) is 52.8. The molecule has 4 fully saturated rings. The predicted molar refractivity (Wildman–Crippen MR) is 105 cm³/mol. The average molecular weight is 379 g/mol. The smallest absolute Gasteiger partial charge is 0.0737 e. The zero-order chi connectivity index (χ0) is 19.4. The van der Waals surface area contributed by atoms with Crippen molar-refractivity contribution in [3.63, 3.8) is 0 Å². The van der Waals surface area contributed by atoms with E-state index in [1.165, 1.54) is 0 Å². The topological polar surface area (TPSA) is 80.9 Å². The van der Waals surface area contributed by atoms with E-state index in [1.807, 2.05) is 0 Å². The quantitative estimate of drug-likeness (QED) is 0.569. The Morgan fingerprint density at radius 1 is 0.963 bits per heavy atom. The SMILES string of the molecule is C[C@]12CC[C@H](O)C[C@H]1CC[C@@H]1[C@@H]2CC[C@]2(C)[C@@H](/C(=C/CO)CO)CC[C@]12O. The second-order valence-corrected chi connectivity index (χ2v) is 10.5. The highest BCUT2D eigenvalue weighted by Crippen LogP contribution is 2.69. The molecule has 4 nitrogen and oxygen atoms in total. The summed E-state index contributed by atoms with van der Waals surface area (Å²) in [4.78, 5) is 0. The van der Waals surface area contributed by atoms with Gasteiger partial charge in [0.25, 0.3) is 0 Å². The Kier molecular flexibility index (Phi) is 5.03. The minimum Gasteiger partial charge on any atom is -0.393 e. The second-order valence-electron chi connectivity index (χ2n) is 10.5. The van der Waals surface area contributed by atoms with E-state index in [2.05, 4.69) is 13.8 Å². The van der Waals surface area contributed by atoms with Gasteiger partial charge in [-0.25, -0.2) is 0 Å². The van der Waals surface area contributed by atoms with Gasteiger partial charge in [-0.15, -0.1) is 0 Å². The van der Waals surface area contributed by atoms with Gasteiger partial charge in [0.1, 0.15) is 0 Å². The van der Waals surface area contributed by atoms with E-state index in [0.29, 0.717) is 17.8 Å². The number of aliphatic hydroxyl groups excluding tert-OH is 3.